The van der Waals surface area contributed by atoms with Crippen molar-refractivity contribution in [3.05, 3.63) is 68.4 Å². The fraction of sp³-hybridized carbons (Fsp3) is 0.235. The highest BCUT2D eigenvalue weighted by atomic mass is 79.9. The molecule has 1 heterocycles. The second-order valence-electron chi connectivity index (χ2n) is 5.65. The lowest BCUT2D eigenvalue weighted by molar-refractivity contribution is -0.384. The number of amides is 1. The van der Waals surface area contributed by atoms with Gasteiger partial charge >= 0.3 is 0 Å². The zero-order valence-corrected chi connectivity index (χ0v) is 14.8. The van der Waals surface area contributed by atoms with Gasteiger partial charge in [0.25, 0.3) is 11.6 Å². The van der Waals surface area contributed by atoms with Crippen molar-refractivity contribution in [1.82, 2.24) is 4.90 Å². The summed E-state index contributed by atoms with van der Waals surface area (Å²) in [6.07, 6.45) is 0. The van der Waals surface area contributed by atoms with E-state index in [-0.39, 0.29) is 11.6 Å². The van der Waals surface area contributed by atoms with E-state index in [0.717, 1.165) is 10.5 Å². The Morgan fingerprint density at radius 1 is 1.12 bits per heavy atom. The van der Waals surface area contributed by atoms with Gasteiger partial charge in [0.15, 0.2) is 0 Å². The lowest BCUT2D eigenvalue weighted by atomic mass is 10.1. The molecular formula is C17H15BrFN3O3. The normalized spacial score (nSPS) is 14.5. The number of hydrogen-bond acceptors (Lipinski definition) is 4. The van der Waals surface area contributed by atoms with E-state index >= 15 is 0 Å². The zero-order chi connectivity index (χ0) is 18.0. The lowest BCUT2D eigenvalue weighted by Crippen LogP contribution is -2.49. The summed E-state index contributed by atoms with van der Waals surface area (Å²) in [4.78, 5) is 26.7. The summed E-state index contributed by atoms with van der Waals surface area (Å²) in [5.41, 5.74) is 0.702. The highest BCUT2D eigenvalue weighted by molar-refractivity contribution is 9.10. The standard InChI is InChI=1S/C17H15BrFN3O3/c18-14-4-2-1-3-13(14)17(23)21-9-7-20(8-10-21)15-6-5-12(19)11-16(15)22(24)25/h1-6,11H,7-10H2. The smallest absolute Gasteiger partial charge is 0.295 e. The molecule has 1 fully saturated rings. The molecule has 6 nitrogen and oxygen atoms in total. The van der Waals surface area contributed by atoms with E-state index < -0.39 is 10.7 Å². The van der Waals surface area contributed by atoms with Gasteiger partial charge in [-0.25, -0.2) is 4.39 Å². The third-order valence-electron chi connectivity index (χ3n) is 4.15. The molecular weight excluding hydrogens is 393 g/mol. The fourth-order valence-corrected chi connectivity index (χ4v) is 3.32. The van der Waals surface area contributed by atoms with Crippen LogP contribution in [0.25, 0.3) is 0 Å². The molecule has 0 aliphatic carbocycles. The lowest BCUT2D eigenvalue weighted by Gasteiger charge is -2.36. The number of piperazine rings is 1. The van der Waals surface area contributed by atoms with Gasteiger partial charge in [-0.1, -0.05) is 12.1 Å². The number of hydrogen-bond donors (Lipinski definition) is 0. The molecule has 1 saturated heterocycles. The molecule has 0 radical (unpaired) electrons. The molecule has 0 bridgehead atoms. The Hall–Kier alpha value is -2.48. The first kappa shape index (κ1) is 17.3. The molecule has 1 aliphatic heterocycles. The van der Waals surface area contributed by atoms with Crippen LogP contribution in [-0.2, 0) is 0 Å². The summed E-state index contributed by atoms with van der Waals surface area (Å²) in [6, 6.07) is 10.8. The van der Waals surface area contributed by atoms with Crippen LogP contribution >= 0.6 is 15.9 Å². The predicted molar refractivity (Wildman–Crippen MR) is 95.3 cm³/mol. The molecule has 0 aromatic heterocycles. The van der Waals surface area contributed by atoms with Gasteiger partial charge in [0.2, 0.25) is 0 Å². The number of nitro benzene ring substituents is 1. The first-order chi connectivity index (χ1) is 12.0. The second-order valence-corrected chi connectivity index (χ2v) is 6.50. The Labute approximate surface area is 152 Å². The van der Waals surface area contributed by atoms with Crippen LogP contribution in [0.2, 0.25) is 0 Å². The van der Waals surface area contributed by atoms with Gasteiger partial charge in [-0.15, -0.1) is 0 Å². The number of nitro groups is 1. The molecule has 1 aliphatic rings. The van der Waals surface area contributed by atoms with Gasteiger partial charge in [-0.3, -0.25) is 14.9 Å². The van der Waals surface area contributed by atoms with Crippen LogP contribution in [0.4, 0.5) is 15.8 Å². The van der Waals surface area contributed by atoms with Crippen molar-refractivity contribution >= 4 is 33.2 Å². The number of carbonyl (C=O) groups excluding carboxylic acids is 1. The number of halogens is 2. The summed E-state index contributed by atoms with van der Waals surface area (Å²) in [5, 5.41) is 11.2. The summed E-state index contributed by atoms with van der Waals surface area (Å²) >= 11 is 3.38. The molecule has 2 aromatic carbocycles. The predicted octanol–water partition coefficient (Wildman–Crippen LogP) is 3.46. The Morgan fingerprint density at radius 2 is 1.80 bits per heavy atom. The number of carbonyl (C=O) groups is 1. The van der Waals surface area contributed by atoms with Crippen molar-refractivity contribution in [1.29, 1.82) is 0 Å². The minimum atomic E-state index is -0.641. The topological polar surface area (TPSA) is 66.7 Å². The summed E-state index contributed by atoms with van der Waals surface area (Å²) in [7, 11) is 0. The van der Waals surface area contributed by atoms with Gasteiger partial charge in [0.1, 0.15) is 11.5 Å². The van der Waals surface area contributed by atoms with Crippen molar-refractivity contribution in [2.45, 2.75) is 0 Å². The Bertz CT molecular complexity index is 823. The molecule has 8 heteroatoms. The van der Waals surface area contributed by atoms with E-state index in [1.807, 2.05) is 12.1 Å². The largest absolute Gasteiger partial charge is 0.362 e. The van der Waals surface area contributed by atoms with Crippen molar-refractivity contribution < 1.29 is 14.1 Å². The second kappa shape index (κ2) is 7.18. The van der Waals surface area contributed by atoms with Crippen molar-refractivity contribution in [2.75, 3.05) is 31.1 Å². The van der Waals surface area contributed by atoms with Crippen LogP contribution in [0, 0.1) is 15.9 Å². The molecule has 0 saturated carbocycles. The SMILES string of the molecule is O=C(c1ccccc1Br)N1CCN(c2ccc(F)cc2[N+](=O)[O-])CC1. The average molecular weight is 408 g/mol. The molecule has 0 atom stereocenters. The van der Waals surface area contributed by atoms with E-state index in [4.69, 9.17) is 0 Å². The molecule has 25 heavy (non-hydrogen) atoms. The van der Waals surface area contributed by atoms with Crippen molar-refractivity contribution in [2.24, 2.45) is 0 Å². The van der Waals surface area contributed by atoms with Crippen LogP contribution in [0.3, 0.4) is 0 Å². The molecule has 1 amide bonds. The van der Waals surface area contributed by atoms with Crippen molar-refractivity contribution in [3.63, 3.8) is 0 Å². The molecule has 0 spiro atoms. The summed E-state index contributed by atoms with van der Waals surface area (Å²) in [5.74, 6) is -0.723. The van der Waals surface area contributed by atoms with Gasteiger partial charge in [-0.05, 0) is 40.2 Å². The maximum Gasteiger partial charge on any atom is 0.295 e. The molecule has 3 rings (SSSR count). The van der Waals surface area contributed by atoms with E-state index in [2.05, 4.69) is 15.9 Å². The third-order valence-corrected chi connectivity index (χ3v) is 4.84. The maximum absolute atomic E-state index is 13.3. The molecule has 130 valence electrons. The third kappa shape index (κ3) is 3.63. The quantitative estimate of drug-likeness (QED) is 0.577. The maximum atomic E-state index is 13.3. The highest BCUT2D eigenvalue weighted by Crippen LogP contribution is 2.30. The van der Waals surface area contributed by atoms with Gasteiger partial charge in [0, 0.05) is 30.7 Å². The van der Waals surface area contributed by atoms with Crippen LogP contribution in [-0.4, -0.2) is 41.9 Å². The van der Waals surface area contributed by atoms with E-state index in [1.54, 1.807) is 21.9 Å². The van der Waals surface area contributed by atoms with Crippen LogP contribution in [0.5, 0.6) is 0 Å². The number of rotatable bonds is 3. The first-order valence-corrected chi connectivity index (χ1v) is 8.49. The Morgan fingerprint density at radius 3 is 2.44 bits per heavy atom. The van der Waals surface area contributed by atoms with E-state index in [9.17, 15) is 19.3 Å². The van der Waals surface area contributed by atoms with E-state index in [1.165, 1.54) is 12.1 Å². The minimum absolute atomic E-state index is 0.0827. The molecule has 0 N–H and O–H groups in total. The van der Waals surface area contributed by atoms with Crippen LogP contribution < -0.4 is 4.90 Å². The van der Waals surface area contributed by atoms with Gasteiger partial charge in [0.05, 0.1) is 16.6 Å². The van der Waals surface area contributed by atoms with E-state index in [0.29, 0.717) is 37.4 Å². The van der Waals surface area contributed by atoms with Crippen LogP contribution in [0.1, 0.15) is 10.4 Å². The number of benzene rings is 2. The van der Waals surface area contributed by atoms with Crippen molar-refractivity contribution in [3.8, 4) is 0 Å². The van der Waals surface area contributed by atoms with Gasteiger partial charge in [-0.2, -0.15) is 0 Å². The zero-order valence-electron chi connectivity index (χ0n) is 13.2. The first-order valence-electron chi connectivity index (χ1n) is 7.70. The highest BCUT2D eigenvalue weighted by Gasteiger charge is 2.27. The van der Waals surface area contributed by atoms with Crippen LogP contribution in [0.15, 0.2) is 46.9 Å². The monoisotopic (exact) mass is 407 g/mol. The Kier molecular flexibility index (Phi) is 4.98. The van der Waals surface area contributed by atoms with Gasteiger partial charge < -0.3 is 9.80 Å². The molecule has 2 aromatic rings. The summed E-state index contributed by atoms with van der Waals surface area (Å²) in [6.45, 7) is 1.77. The molecule has 0 unspecified atom stereocenters. The Balaban J connectivity index is 1.74. The number of nitrogens with zero attached hydrogens (tertiary/aromatic N) is 3. The minimum Gasteiger partial charge on any atom is -0.362 e. The number of anilines is 1. The summed E-state index contributed by atoms with van der Waals surface area (Å²) < 4.78 is 14.0. The average Bonchev–Trinajstić information content (AvgIpc) is 2.61. The fourth-order valence-electron chi connectivity index (χ4n) is 2.87.